The maximum absolute atomic E-state index is 13.2. The average Bonchev–Trinajstić information content (AvgIpc) is 3.36. The first-order valence-electron chi connectivity index (χ1n) is 8.92. The lowest BCUT2D eigenvalue weighted by Crippen LogP contribution is -2.33. The van der Waals surface area contributed by atoms with E-state index in [-0.39, 0.29) is 24.1 Å². The van der Waals surface area contributed by atoms with Crippen molar-refractivity contribution in [2.45, 2.75) is 31.0 Å². The molecule has 148 valence electrons. The van der Waals surface area contributed by atoms with Gasteiger partial charge in [0.15, 0.2) is 5.78 Å². The van der Waals surface area contributed by atoms with Gasteiger partial charge in [-0.1, -0.05) is 6.07 Å². The summed E-state index contributed by atoms with van der Waals surface area (Å²) in [6.45, 7) is 0. The van der Waals surface area contributed by atoms with Crippen LogP contribution >= 0.6 is 0 Å². The van der Waals surface area contributed by atoms with E-state index in [9.17, 15) is 18.0 Å². The third-order valence-electron chi connectivity index (χ3n) is 5.12. The Bertz CT molecular complexity index is 1100. The highest BCUT2D eigenvalue weighted by molar-refractivity contribution is 6.00. The molecule has 0 amide bonds. The van der Waals surface area contributed by atoms with Crippen LogP contribution in [0.1, 0.15) is 41.9 Å². The van der Waals surface area contributed by atoms with Gasteiger partial charge in [-0.05, 0) is 30.2 Å². The summed E-state index contributed by atoms with van der Waals surface area (Å²) >= 11 is 0. The molecule has 0 radical (unpaired) electrons. The molecule has 1 aliphatic heterocycles. The van der Waals surface area contributed by atoms with Gasteiger partial charge in [0.2, 0.25) is 5.95 Å². The second-order valence-corrected chi connectivity index (χ2v) is 6.95. The minimum Gasteiger partial charge on any atom is -0.469 e. The predicted octanol–water partition coefficient (Wildman–Crippen LogP) is 3.70. The van der Waals surface area contributed by atoms with Crippen molar-refractivity contribution >= 4 is 11.7 Å². The van der Waals surface area contributed by atoms with Gasteiger partial charge in [-0.3, -0.25) is 9.78 Å². The van der Waals surface area contributed by atoms with Gasteiger partial charge >= 0.3 is 6.18 Å². The number of allylic oxidation sites excluding steroid dienone is 2. The van der Waals surface area contributed by atoms with Crippen molar-refractivity contribution in [1.82, 2.24) is 19.7 Å². The lowest BCUT2D eigenvalue weighted by Gasteiger charge is -2.34. The summed E-state index contributed by atoms with van der Waals surface area (Å²) in [6.07, 6.45) is 0.514. The zero-order chi connectivity index (χ0) is 20.2. The van der Waals surface area contributed by atoms with Crippen molar-refractivity contribution in [2.24, 2.45) is 0 Å². The van der Waals surface area contributed by atoms with Gasteiger partial charge in [0.25, 0.3) is 5.82 Å². The highest BCUT2D eigenvalue weighted by Gasteiger charge is 2.43. The molecule has 2 atom stereocenters. The molecule has 0 saturated carbocycles. The van der Waals surface area contributed by atoms with Crippen LogP contribution in [-0.2, 0) is 11.0 Å². The maximum atomic E-state index is 13.2. The van der Waals surface area contributed by atoms with Gasteiger partial charge in [-0.25, -0.2) is 4.68 Å². The Morgan fingerprint density at radius 2 is 2.07 bits per heavy atom. The van der Waals surface area contributed by atoms with E-state index in [0.717, 1.165) is 4.68 Å². The molecule has 2 aliphatic rings. The number of nitrogens with one attached hydrogen (secondary N) is 1. The Labute approximate surface area is 162 Å². The second kappa shape index (κ2) is 6.29. The minimum absolute atomic E-state index is 0.0576. The SMILES string of the molecule is O=C1CC(c2ccco2)CC2=C1C(c1cccnc1)n1nc(C(F)(F)F)nc1N2. The number of ketones is 1. The summed E-state index contributed by atoms with van der Waals surface area (Å²) in [7, 11) is 0. The minimum atomic E-state index is -4.70. The molecule has 3 aromatic heterocycles. The third-order valence-corrected chi connectivity index (χ3v) is 5.12. The van der Waals surface area contributed by atoms with Gasteiger partial charge in [0.1, 0.15) is 11.8 Å². The van der Waals surface area contributed by atoms with Crippen LogP contribution in [0.4, 0.5) is 19.1 Å². The Morgan fingerprint density at radius 3 is 2.76 bits per heavy atom. The molecule has 0 aromatic carbocycles. The number of carbonyl (C=O) groups is 1. The average molecular weight is 401 g/mol. The Balaban J connectivity index is 1.64. The molecule has 29 heavy (non-hydrogen) atoms. The van der Waals surface area contributed by atoms with Gasteiger partial charge in [-0.2, -0.15) is 18.2 Å². The van der Waals surface area contributed by atoms with Crippen LogP contribution in [0.15, 0.2) is 58.6 Å². The normalized spacial score (nSPS) is 21.6. The Morgan fingerprint density at radius 1 is 1.21 bits per heavy atom. The van der Waals surface area contributed by atoms with Gasteiger partial charge in [0.05, 0.1) is 6.26 Å². The fourth-order valence-electron chi connectivity index (χ4n) is 3.90. The molecule has 0 saturated heterocycles. The maximum Gasteiger partial charge on any atom is 0.453 e. The fraction of sp³-hybridized carbons (Fsp3) is 0.263. The number of halogens is 3. The molecule has 0 fully saturated rings. The lowest BCUT2D eigenvalue weighted by atomic mass is 9.80. The van der Waals surface area contributed by atoms with Gasteiger partial charge in [-0.15, -0.1) is 5.10 Å². The van der Waals surface area contributed by atoms with Crippen LogP contribution in [0.5, 0.6) is 0 Å². The molecule has 3 aromatic rings. The van der Waals surface area contributed by atoms with E-state index >= 15 is 0 Å². The molecule has 2 unspecified atom stereocenters. The number of pyridine rings is 1. The number of Topliss-reactive ketones (excluding diaryl/α,β-unsaturated/α-hetero) is 1. The number of hydrogen-bond donors (Lipinski definition) is 1. The number of furan rings is 1. The predicted molar refractivity (Wildman–Crippen MR) is 93.7 cm³/mol. The number of aromatic nitrogens is 4. The number of hydrogen-bond acceptors (Lipinski definition) is 6. The molecule has 10 heteroatoms. The van der Waals surface area contributed by atoms with Crippen LogP contribution < -0.4 is 5.32 Å². The monoisotopic (exact) mass is 401 g/mol. The summed E-state index contributed by atoms with van der Waals surface area (Å²) in [4.78, 5) is 20.8. The molecule has 7 nitrogen and oxygen atoms in total. The largest absolute Gasteiger partial charge is 0.469 e. The molecule has 4 heterocycles. The van der Waals surface area contributed by atoms with Crippen LogP contribution in [-0.4, -0.2) is 25.5 Å². The smallest absolute Gasteiger partial charge is 0.453 e. The van der Waals surface area contributed by atoms with E-state index < -0.39 is 18.0 Å². The van der Waals surface area contributed by atoms with Crippen molar-refractivity contribution in [3.63, 3.8) is 0 Å². The molecule has 0 bridgehead atoms. The number of fused-ring (bicyclic) bond motifs is 1. The molecule has 0 spiro atoms. The summed E-state index contributed by atoms with van der Waals surface area (Å²) in [5.41, 5.74) is 1.48. The first-order chi connectivity index (χ1) is 13.9. The third kappa shape index (κ3) is 2.91. The summed E-state index contributed by atoms with van der Waals surface area (Å²) in [5, 5.41) is 6.56. The lowest BCUT2D eigenvalue weighted by molar-refractivity contribution is -0.145. The number of rotatable bonds is 2. The van der Waals surface area contributed by atoms with Crippen LogP contribution in [0.3, 0.4) is 0 Å². The van der Waals surface area contributed by atoms with Gasteiger partial charge in [0, 0.05) is 36.0 Å². The first-order valence-corrected chi connectivity index (χ1v) is 8.92. The number of nitrogens with zero attached hydrogens (tertiary/aromatic N) is 4. The van der Waals surface area contributed by atoms with Crippen molar-refractivity contribution < 1.29 is 22.4 Å². The van der Waals surface area contributed by atoms with Crippen LogP contribution in [0, 0.1) is 0 Å². The Hall–Kier alpha value is -3.43. The van der Waals surface area contributed by atoms with E-state index in [2.05, 4.69) is 20.4 Å². The van der Waals surface area contributed by atoms with E-state index in [1.54, 1.807) is 30.5 Å². The molecule has 1 aliphatic carbocycles. The standard InChI is InChI=1S/C19H14F3N5O2/c20-19(21,22)17-25-18-24-12-7-11(14-4-2-6-29-14)8-13(28)15(12)16(27(18)26-17)10-3-1-5-23-9-10/h1-6,9,11,16H,7-8H2,(H,24,25,26). The zero-order valence-corrected chi connectivity index (χ0v) is 14.8. The number of carbonyl (C=O) groups excluding carboxylic acids is 1. The quantitative estimate of drug-likeness (QED) is 0.705. The van der Waals surface area contributed by atoms with E-state index in [1.807, 2.05) is 0 Å². The van der Waals surface area contributed by atoms with Crippen molar-refractivity contribution in [3.8, 4) is 0 Å². The van der Waals surface area contributed by atoms with Crippen LogP contribution in [0.25, 0.3) is 0 Å². The summed E-state index contributed by atoms with van der Waals surface area (Å²) < 4.78 is 46.2. The molecular formula is C19H14F3N5O2. The fourth-order valence-corrected chi connectivity index (χ4v) is 3.90. The van der Waals surface area contributed by atoms with Crippen molar-refractivity contribution in [2.75, 3.05) is 5.32 Å². The zero-order valence-electron chi connectivity index (χ0n) is 14.8. The van der Waals surface area contributed by atoms with Crippen LogP contribution in [0.2, 0.25) is 0 Å². The number of alkyl halides is 3. The molecular weight excluding hydrogens is 387 g/mol. The Kier molecular flexibility index (Phi) is 3.83. The first kappa shape index (κ1) is 17.7. The van der Waals surface area contributed by atoms with Crippen molar-refractivity contribution in [3.05, 3.63) is 71.3 Å². The van der Waals surface area contributed by atoms with Crippen molar-refractivity contribution in [1.29, 1.82) is 0 Å². The van der Waals surface area contributed by atoms with E-state index in [4.69, 9.17) is 4.42 Å². The topological polar surface area (TPSA) is 85.8 Å². The summed E-state index contributed by atoms with van der Waals surface area (Å²) in [5.74, 6) is -1.03. The summed E-state index contributed by atoms with van der Waals surface area (Å²) in [6, 6.07) is 6.07. The van der Waals surface area contributed by atoms with Gasteiger partial charge < -0.3 is 9.73 Å². The molecule has 5 rings (SSSR count). The molecule has 1 N–H and O–H groups in total. The number of anilines is 1. The second-order valence-electron chi connectivity index (χ2n) is 6.95. The van der Waals surface area contributed by atoms with E-state index in [0.29, 0.717) is 29.0 Å². The van der Waals surface area contributed by atoms with E-state index in [1.165, 1.54) is 12.5 Å². The highest BCUT2D eigenvalue weighted by atomic mass is 19.4. The highest BCUT2D eigenvalue weighted by Crippen LogP contribution is 2.44.